The van der Waals surface area contributed by atoms with E-state index in [0.29, 0.717) is 40.7 Å². The summed E-state index contributed by atoms with van der Waals surface area (Å²) >= 11 is 1.37. The molecule has 0 bridgehead atoms. The van der Waals surface area contributed by atoms with Crippen LogP contribution in [0.15, 0.2) is 90.3 Å². The van der Waals surface area contributed by atoms with Crippen LogP contribution in [0.1, 0.15) is 15.2 Å². The first-order valence-electron chi connectivity index (χ1n) is 11.5. The van der Waals surface area contributed by atoms with Crippen molar-refractivity contribution in [3.63, 3.8) is 0 Å². The van der Waals surface area contributed by atoms with Crippen molar-refractivity contribution in [3.05, 3.63) is 107 Å². The summed E-state index contributed by atoms with van der Waals surface area (Å²) in [4.78, 5) is 17.5. The lowest BCUT2D eigenvalue weighted by molar-refractivity contribution is 0.103. The Morgan fingerprint density at radius 2 is 1.78 bits per heavy atom. The number of amides is 1. The second kappa shape index (κ2) is 11.0. The third-order valence-corrected chi connectivity index (χ3v) is 6.47. The highest BCUT2D eigenvalue weighted by atomic mass is 32.1. The maximum Gasteiger partial charge on any atom is 0.336 e. The lowest BCUT2D eigenvalue weighted by Crippen LogP contribution is -2.10. The van der Waals surface area contributed by atoms with E-state index in [1.807, 2.05) is 35.7 Å². The van der Waals surface area contributed by atoms with Gasteiger partial charge in [-0.1, -0.05) is 30.3 Å². The van der Waals surface area contributed by atoms with Crippen LogP contribution in [0, 0.1) is 5.82 Å². The minimum Gasteiger partial charge on any atom is -0.497 e. The van der Waals surface area contributed by atoms with Crippen LogP contribution in [0.3, 0.4) is 0 Å². The number of hydrogen-bond donors (Lipinski definition) is 1. The van der Waals surface area contributed by atoms with E-state index >= 15 is 0 Å². The highest BCUT2D eigenvalue weighted by Gasteiger charge is 2.18. The van der Waals surface area contributed by atoms with Crippen molar-refractivity contribution in [3.8, 4) is 28.8 Å². The van der Waals surface area contributed by atoms with Crippen LogP contribution in [0.5, 0.6) is 11.8 Å². The van der Waals surface area contributed by atoms with E-state index in [1.165, 1.54) is 22.1 Å². The van der Waals surface area contributed by atoms with Gasteiger partial charge < -0.3 is 14.8 Å². The molecule has 0 radical (unpaired) electrons. The Hall–Kier alpha value is -4.50. The molecule has 3 aromatic carbocycles. The van der Waals surface area contributed by atoms with Crippen molar-refractivity contribution in [1.29, 1.82) is 0 Å². The van der Waals surface area contributed by atoms with E-state index in [0.717, 1.165) is 11.3 Å². The van der Waals surface area contributed by atoms with E-state index in [-0.39, 0.29) is 11.9 Å². The molecular weight excluding hydrogens is 491 g/mol. The molecule has 186 valence electrons. The van der Waals surface area contributed by atoms with E-state index < -0.39 is 5.82 Å². The van der Waals surface area contributed by atoms with Crippen LogP contribution in [0.25, 0.3) is 17.1 Å². The highest BCUT2D eigenvalue weighted by molar-refractivity contribution is 7.12. The standard InChI is InChI=1S/C28H23FN4O3S/c1-35-22-14-8-19(9-15-22)16-17-36-28-31-26(23-5-2-3-6-24(23)29)33(32-28)21-12-10-20(11-13-21)30-27(34)25-7-4-18-37-25/h2-15,18H,16-17H2,1H3,(H,30,34). The second-order valence-electron chi connectivity index (χ2n) is 8.03. The van der Waals surface area contributed by atoms with Gasteiger partial charge in [-0.3, -0.25) is 4.79 Å². The predicted molar refractivity (Wildman–Crippen MR) is 141 cm³/mol. The fourth-order valence-corrected chi connectivity index (χ4v) is 4.31. The second-order valence-corrected chi connectivity index (χ2v) is 8.98. The number of ether oxygens (including phenoxy) is 2. The molecule has 0 aliphatic carbocycles. The van der Waals surface area contributed by atoms with Gasteiger partial charge in [-0.05, 0) is 65.5 Å². The van der Waals surface area contributed by atoms with E-state index in [9.17, 15) is 9.18 Å². The van der Waals surface area contributed by atoms with Crippen LogP contribution >= 0.6 is 11.3 Å². The van der Waals surface area contributed by atoms with E-state index in [4.69, 9.17) is 9.47 Å². The highest BCUT2D eigenvalue weighted by Crippen LogP contribution is 2.27. The Morgan fingerprint density at radius 1 is 1.00 bits per heavy atom. The third-order valence-electron chi connectivity index (χ3n) is 5.60. The molecule has 0 aliphatic heterocycles. The van der Waals surface area contributed by atoms with Gasteiger partial charge in [0.25, 0.3) is 5.91 Å². The Labute approximate surface area is 217 Å². The molecule has 9 heteroatoms. The van der Waals surface area contributed by atoms with Crippen LogP contribution in [0.4, 0.5) is 10.1 Å². The normalized spacial score (nSPS) is 10.8. The first-order valence-corrected chi connectivity index (χ1v) is 12.4. The van der Waals surface area contributed by atoms with Gasteiger partial charge in [-0.15, -0.1) is 16.4 Å². The number of rotatable bonds is 9. The van der Waals surface area contributed by atoms with Crippen molar-refractivity contribution >= 4 is 22.9 Å². The first-order chi connectivity index (χ1) is 18.1. The van der Waals surface area contributed by atoms with Crippen LogP contribution in [-0.2, 0) is 6.42 Å². The number of aromatic nitrogens is 3. The number of carbonyl (C=O) groups is 1. The zero-order valence-electron chi connectivity index (χ0n) is 19.9. The zero-order valence-corrected chi connectivity index (χ0v) is 20.7. The van der Waals surface area contributed by atoms with Gasteiger partial charge >= 0.3 is 6.01 Å². The number of hydrogen-bond acceptors (Lipinski definition) is 6. The largest absolute Gasteiger partial charge is 0.497 e. The molecule has 0 aliphatic rings. The monoisotopic (exact) mass is 514 g/mol. The quantitative estimate of drug-likeness (QED) is 0.260. The summed E-state index contributed by atoms with van der Waals surface area (Å²) in [6.07, 6.45) is 0.645. The van der Waals surface area contributed by atoms with Crippen LogP contribution in [-0.4, -0.2) is 34.4 Å². The maximum atomic E-state index is 14.7. The third kappa shape index (κ3) is 5.68. The van der Waals surface area contributed by atoms with Crippen LogP contribution < -0.4 is 14.8 Å². The molecule has 0 saturated carbocycles. The van der Waals surface area contributed by atoms with Crippen molar-refractivity contribution in [2.24, 2.45) is 0 Å². The minimum atomic E-state index is -0.416. The fourth-order valence-electron chi connectivity index (χ4n) is 3.69. The van der Waals surface area contributed by atoms with E-state index in [1.54, 1.807) is 55.6 Å². The molecule has 0 fully saturated rings. The summed E-state index contributed by atoms with van der Waals surface area (Å²) in [6.45, 7) is 0.348. The van der Waals surface area contributed by atoms with Gasteiger partial charge in [-0.2, -0.15) is 4.98 Å². The molecule has 7 nitrogen and oxygen atoms in total. The molecule has 0 saturated heterocycles. The number of anilines is 1. The molecule has 5 aromatic rings. The Morgan fingerprint density at radius 3 is 2.49 bits per heavy atom. The topological polar surface area (TPSA) is 78.3 Å². The Balaban J connectivity index is 1.36. The van der Waals surface area contributed by atoms with Crippen molar-refractivity contribution in [1.82, 2.24) is 14.8 Å². The van der Waals surface area contributed by atoms with Gasteiger partial charge in [0.2, 0.25) is 0 Å². The number of methoxy groups -OCH3 is 1. The van der Waals surface area contributed by atoms with Gasteiger partial charge in [0.1, 0.15) is 11.6 Å². The fraction of sp³-hybridized carbons (Fsp3) is 0.107. The molecule has 0 atom stereocenters. The van der Waals surface area contributed by atoms with Gasteiger partial charge in [0.05, 0.1) is 29.8 Å². The Bertz CT molecular complexity index is 1480. The number of nitrogens with zero attached hydrogens (tertiary/aromatic N) is 3. The average Bonchev–Trinajstić information content (AvgIpc) is 3.61. The molecular formula is C28H23FN4O3S. The maximum absolute atomic E-state index is 14.7. The lowest BCUT2D eigenvalue weighted by atomic mass is 10.1. The number of nitrogens with one attached hydrogen (secondary N) is 1. The number of thiophene rings is 1. The molecule has 1 amide bonds. The number of benzene rings is 3. The number of carbonyl (C=O) groups excluding carboxylic acids is 1. The van der Waals surface area contributed by atoms with Gasteiger partial charge in [-0.25, -0.2) is 9.07 Å². The zero-order chi connectivity index (χ0) is 25.6. The molecule has 2 aromatic heterocycles. The summed E-state index contributed by atoms with van der Waals surface area (Å²) in [7, 11) is 1.63. The summed E-state index contributed by atoms with van der Waals surface area (Å²) < 4.78 is 27.2. The molecule has 1 N–H and O–H groups in total. The van der Waals surface area contributed by atoms with Crippen molar-refractivity contribution in [2.45, 2.75) is 6.42 Å². The summed E-state index contributed by atoms with van der Waals surface area (Å²) in [5.74, 6) is 0.508. The smallest absolute Gasteiger partial charge is 0.336 e. The van der Waals surface area contributed by atoms with Crippen molar-refractivity contribution in [2.75, 3.05) is 19.0 Å². The van der Waals surface area contributed by atoms with Crippen LogP contribution in [0.2, 0.25) is 0 Å². The summed E-state index contributed by atoms with van der Waals surface area (Å²) in [6, 6.07) is 24.9. The molecule has 37 heavy (non-hydrogen) atoms. The lowest BCUT2D eigenvalue weighted by Gasteiger charge is -2.08. The average molecular weight is 515 g/mol. The molecule has 0 unspecified atom stereocenters. The van der Waals surface area contributed by atoms with Gasteiger partial charge in [0, 0.05) is 12.1 Å². The summed E-state index contributed by atoms with van der Waals surface area (Å²) in [5, 5.41) is 9.22. The predicted octanol–water partition coefficient (Wildman–Crippen LogP) is 6.02. The number of halogens is 1. The molecule has 0 spiro atoms. The first kappa shape index (κ1) is 24.2. The Kier molecular flexibility index (Phi) is 7.23. The van der Waals surface area contributed by atoms with E-state index in [2.05, 4.69) is 15.4 Å². The molecule has 5 rings (SSSR count). The SMILES string of the molecule is COc1ccc(CCOc2nc(-c3ccccc3F)n(-c3ccc(NC(=O)c4cccs4)cc3)n2)cc1. The summed E-state index contributed by atoms with van der Waals surface area (Å²) in [5.41, 5.74) is 2.65. The van der Waals surface area contributed by atoms with Gasteiger partial charge in [0.15, 0.2) is 5.82 Å². The van der Waals surface area contributed by atoms with Crippen molar-refractivity contribution < 1.29 is 18.7 Å². The minimum absolute atomic E-state index is 0.141. The molecule has 2 heterocycles.